The maximum absolute atomic E-state index is 10.4. The second-order valence-electron chi connectivity index (χ2n) is 6.36. The molecule has 0 aromatic heterocycles. The molecule has 0 aliphatic carbocycles. The van der Waals surface area contributed by atoms with Crippen LogP contribution in [0.25, 0.3) is 0 Å². The Morgan fingerprint density at radius 1 is 1.10 bits per heavy atom. The normalized spacial score (nSPS) is 18.9. The van der Waals surface area contributed by atoms with Gasteiger partial charge in [-0.15, -0.1) is 0 Å². The van der Waals surface area contributed by atoms with Gasteiger partial charge in [-0.25, -0.2) is 0 Å². The summed E-state index contributed by atoms with van der Waals surface area (Å²) in [6, 6.07) is 8.19. The zero-order chi connectivity index (χ0) is 14.9. The first-order valence-corrected chi connectivity index (χ1v) is 8.70. The molecule has 0 radical (unpaired) electrons. The lowest BCUT2D eigenvalue weighted by Gasteiger charge is -2.28. The fourth-order valence-electron chi connectivity index (χ4n) is 3.14. The van der Waals surface area contributed by atoms with Crippen molar-refractivity contribution in [1.82, 2.24) is 0 Å². The van der Waals surface area contributed by atoms with Gasteiger partial charge in [0.25, 0.3) is 0 Å². The number of aliphatic hydroxyl groups excluding tert-OH is 1. The van der Waals surface area contributed by atoms with Gasteiger partial charge in [0.2, 0.25) is 0 Å². The van der Waals surface area contributed by atoms with Gasteiger partial charge in [0, 0.05) is 5.92 Å². The lowest BCUT2D eigenvalue weighted by Crippen LogP contribution is -2.31. The standard InChI is InChI=1S/C19H30O2/c1-2-3-4-5-6-7-8-12-18(20)17-14-16-11-9-10-13-19(16)21-15-17/h9-11,13,17-18,20H,2-8,12,14-15H2,1H3. The van der Waals surface area contributed by atoms with Crippen LogP contribution in [0.2, 0.25) is 0 Å². The van der Waals surface area contributed by atoms with Crippen molar-refractivity contribution >= 4 is 0 Å². The molecule has 118 valence electrons. The van der Waals surface area contributed by atoms with Crippen LogP contribution in [0.1, 0.15) is 63.9 Å². The van der Waals surface area contributed by atoms with Gasteiger partial charge in [-0.2, -0.15) is 0 Å². The van der Waals surface area contributed by atoms with Crippen LogP contribution < -0.4 is 4.74 Å². The van der Waals surface area contributed by atoms with E-state index in [1.807, 2.05) is 18.2 Å². The molecule has 2 atom stereocenters. The lowest BCUT2D eigenvalue weighted by molar-refractivity contribution is 0.0567. The molecule has 1 aliphatic heterocycles. The van der Waals surface area contributed by atoms with Gasteiger partial charge >= 0.3 is 0 Å². The predicted molar refractivity (Wildman–Crippen MR) is 87.7 cm³/mol. The molecule has 0 saturated carbocycles. The highest BCUT2D eigenvalue weighted by Crippen LogP contribution is 2.29. The molecule has 2 heteroatoms. The molecule has 0 amide bonds. The summed E-state index contributed by atoms with van der Waals surface area (Å²) in [5.41, 5.74) is 1.24. The summed E-state index contributed by atoms with van der Waals surface area (Å²) in [6.07, 6.45) is 10.8. The molecule has 21 heavy (non-hydrogen) atoms. The Morgan fingerprint density at radius 3 is 2.62 bits per heavy atom. The van der Waals surface area contributed by atoms with E-state index in [2.05, 4.69) is 13.0 Å². The lowest BCUT2D eigenvalue weighted by atomic mass is 9.89. The highest BCUT2D eigenvalue weighted by molar-refractivity contribution is 5.35. The van der Waals surface area contributed by atoms with Crippen LogP contribution in [0, 0.1) is 5.92 Å². The second-order valence-corrected chi connectivity index (χ2v) is 6.36. The first-order chi connectivity index (χ1) is 10.3. The van der Waals surface area contributed by atoms with Crippen molar-refractivity contribution in [2.45, 2.75) is 70.8 Å². The van der Waals surface area contributed by atoms with Gasteiger partial charge < -0.3 is 9.84 Å². The molecule has 2 nitrogen and oxygen atoms in total. The van der Waals surface area contributed by atoms with Crippen molar-refractivity contribution in [3.8, 4) is 5.75 Å². The molecule has 1 N–H and O–H groups in total. The van der Waals surface area contributed by atoms with Crippen molar-refractivity contribution in [2.75, 3.05) is 6.61 Å². The molecule has 1 aliphatic rings. The van der Waals surface area contributed by atoms with E-state index in [0.29, 0.717) is 6.61 Å². The van der Waals surface area contributed by atoms with Gasteiger partial charge in [0.05, 0.1) is 12.7 Å². The Kier molecular flexibility index (Phi) is 7.08. The van der Waals surface area contributed by atoms with Crippen LogP contribution in [-0.4, -0.2) is 17.8 Å². The molecule has 0 saturated heterocycles. The van der Waals surface area contributed by atoms with Crippen LogP contribution in [0.15, 0.2) is 24.3 Å². The summed E-state index contributed by atoms with van der Waals surface area (Å²) < 4.78 is 5.77. The zero-order valence-corrected chi connectivity index (χ0v) is 13.4. The van der Waals surface area contributed by atoms with Gasteiger partial charge in [-0.1, -0.05) is 70.1 Å². The quantitative estimate of drug-likeness (QED) is 0.666. The number of unbranched alkanes of at least 4 members (excludes halogenated alkanes) is 6. The van der Waals surface area contributed by atoms with Crippen LogP contribution in [0.4, 0.5) is 0 Å². The number of aliphatic hydroxyl groups is 1. The number of ether oxygens (including phenoxy) is 1. The molecule has 2 rings (SSSR count). The first-order valence-electron chi connectivity index (χ1n) is 8.70. The molecule has 0 fully saturated rings. The SMILES string of the molecule is CCCCCCCCCC(O)C1COc2ccccc2C1. The van der Waals surface area contributed by atoms with Gasteiger partial charge in [-0.3, -0.25) is 0 Å². The summed E-state index contributed by atoms with van der Waals surface area (Å²) in [5, 5.41) is 10.4. The molecule has 1 heterocycles. The summed E-state index contributed by atoms with van der Waals surface area (Å²) >= 11 is 0. The minimum atomic E-state index is -0.214. The van der Waals surface area contributed by atoms with E-state index >= 15 is 0 Å². The minimum Gasteiger partial charge on any atom is -0.493 e. The van der Waals surface area contributed by atoms with E-state index in [1.165, 1.54) is 44.1 Å². The Bertz CT molecular complexity index is 402. The topological polar surface area (TPSA) is 29.5 Å². The van der Waals surface area contributed by atoms with Crippen molar-refractivity contribution < 1.29 is 9.84 Å². The van der Waals surface area contributed by atoms with E-state index < -0.39 is 0 Å². The molecule has 2 unspecified atom stereocenters. The second kappa shape index (κ2) is 9.09. The minimum absolute atomic E-state index is 0.214. The molecular weight excluding hydrogens is 260 g/mol. The number of fused-ring (bicyclic) bond motifs is 1. The molecule has 0 bridgehead atoms. The Labute approximate surface area is 129 Å². The third-order valence-electron chi connectivity index (χ3n) is 4.56. The third-order valence-corrected chi connectivity index (χ3v) is 4.56. The summed E-state index contributed by atoms with van der Waals surface area (Å²) in [5.74, 6) is 1.26. The van der Waals surface area contributed by atoms with E-state index in [-0.39, 0.29) is 12.0 Å². The summed E-state index contributed by atoms with van der Waals surface area (Å²) in [7, 11) is 0. The fraction of sp³-hybridized carbons (Fsp3) is 0.684. The predicted octanol–water partition coefficient (Wildman–Crippen LogP) is 4.74. The fourth-order valence-corrected chi connectivity index (χ4v) is 3.14. The van der Waals surface area contributed by atoms with Crippen LogP contribution in [0.5, 0.6) is 5.75 Å². The summed E-state index contributed by atoms with van der Waals surface area (Å²) in [4.78, 5) is 0. The number of benzene rings is 1. The van der Waals surface area contributed by atoms with E-state index in [4.69, 9.17) is 4.74 Å². The zero-order valence-electron chi connectivity index (χ0n) is 13.4. The van der Waals surface area contributed by atoms with E-state index in [0.717, 1.165) is 25.0 Å². The number of rotatable bonds is 9. The molecule has 0 spiro atoms. The van der Waals surface area contributed by atoms with Crippen LogP contribution >= 0.6 is 0 Å². The van der Waals surface area contributed by atoms with Crippen molar-refractivity contribution in [3.63, 3.8) is 0 Å². The number of para-hydroxylation sites is 1. The maximum Gasteiger partial charge on any atom is 0.122 e. The Hall–Kier alpha value is -1.02. The average molecular weight is 290 g/mol. The molecular formula is C19H30O2. The van der Waals surface area contributed by atoms with E-state index in [9.17, 15) is 5.11 Å². The summed E-state index contributed by atoms with van der Waals surface area (Å²) in [6.45, 7) is 2.91. The number of hydrogen-bond acceptors (Lipinski definition) is 2. The van der Waals surface area contributed by atoms with Gasteiger partial charge in [-0.05, 0) is 24.5 Å². The van der Waals surface area contributed by atoms with Gasteiger partial charge in [0.15, 0.2) is 0 Å². The average Bonchev–Trinajstić information content (AvgIpc) is 2.53. The largest absolute Gasteiger partial charge is 0.493 e. The highest BCUT2D eigenvalue weighted by atomic mass is 16.5. The monoisotopic (exact) mass is 290 g/mol. The van der Waals surface area contributed by atoms with Crippen LogP contribution in [0.3, 0.4) is 0 Å². The first kappa shape index (κ1) is 16.4. The smallest absolute Gasteiger partial charge is 0.122 e. The van der Waals surface area contributed by atoms with E-state index in [1.54, 1.807) is 0 Å². The van der Waals surface area contributed by atoms with Crippen molar-refractivity contribution in [3.05, 3.63) is 29.8 Å². The maximum atomic E-state index is 10.4. The third kappa shape index (κ3) is 5.35. The van der Waals surface area contributed by atoms with Gasteiger partial charge in [0.1, 0.15) is 5.75 Å². The van der Waals surface area contributed by atoms with Crippen LogP contribution in [-0.2, 0) is 6.42 Å². The Balaban J connectivity index is 1.62. The van der Waals surface area contributed by atoms with Crippen molar-refractivity contribution in [2.24, 2.45) is 5.92 Å². The number of hydrogen-bond donors (Lipinski definition) is 1. The molecule has 1 aromatic carbocycles. The Morgan fingerprint density at radius 2 is 1.81 bits per heavy atom. The van der Waals surface area contributed by atoms with Crippen molar-refractivity contribution in [1.29, 1.82) is 0 Å². The molecule has 1 aromatic rings. The highest BCUT2D eigenvalue weighted by Gasteiger charge is 2.25.